The number of nitrogen functional groups attached to an aromatic ring is 1. The minimum Gasteiger partial charge on any atom is -0.398 e. The maximum absolute atomic E-state index is 6.33. The van der Waals surface area contributed by atoms with Gasteiger partial charge in [-0.05, 0) is 62.1 Å². The highest BCUT2D eigenvalue weighted by molar-refractivity contribution is 5.69. The van der Waals surface area contributed by atoms with E-state index in [0.717, 1.165) is 24.2 Å². The number of nitrogens with two attached hydrogens (primary N) is 1. The van der Waals surface area contributed by atoms with Gasteiger partial charge >= 0.3 is 0 Å². The van der Waals surface area contributed by atoms with Crippen LogP contribution in [0.2, 0.25) is 0 Å². The Hall–Kier alpha value is -1.18. The molecule has 0 spiro atoms. The summed E-state index contributed by atoms with van der Waals surface area (Å²) >= 11 is 0. The molecule has 0 unspecified atom stereocenters. The molecule has 2 aliphatic rings. The number of hydrogen-bond acceptors (Lipinski definition) is 2. The summed E-state index contributed by atoms with van der Waals surface area (Å²) in [5, 5.41) is 0. The largest absolute Gasteiger partial charge is 0.398 e. The van der Waals surface area contributed by atoms with Crippen LogP contribution in [0.15, 0.2) is 12.1 Å². The zero-order valence-corrected chi connectivity index (χ0v) is 15.3. The number of rotatable bonds is 5. The molecule has 2 nitrogen and oxygen atoms in total. The molecule has 2 saturated carbocycles. The van der Waals surface area contributed by atoms with Crippen molar-refractivity contribution in [1.29, 1.82) is 0 Å². The van der Waals surface area contributed by atoms with Crippen LogP contribution in [0.5, 0.6) is 0 Å². The molecule has 0 amide bonds. The smallest absolute Gasteiger partial charge is 0.0454 e. The van der Waals surface area contributed by atoms with Crippen molar-refractivity contribution in [1.82, 2.24) is 0 Å². The molecule has 0 radical (unpaired) electrons. The standard InChI is InChI=1S/C21H34N2/c1-15(2)14-17-12-13-20(22)16(3)21(17)23(18-8-4-5-9-18)19-10-6-7-11-19/h12-13,15,18-19H,4-11,14,22H2,1-3H3. The summed E-state index contributed by atoms with van der Waals surface area (Å²) in [5.41, 5.74) is 11.6. The summed E-state index contributed by atoms with van der Waals surface area (Å²) in [4.78, 5) is 2.84. The van der Waals surface area contributed by atoms with Crippen molar-refractivity contribution in [3.63, 3.8) is 0 Å². The average Bonchev–Trinajstić information content (AvgIpc) is 3.19. The van der Waals surface area contributed by atoms with Crippen LogP contribution in [0.1, 0.15) is 76.3 Å². The number of nitrogens with zero attached hydrogens (tertiary/aromatic N) is 1. The molecule has 0 saturated heterocycles. The molecule has 23 heavy (non-hydrogen) atoms. The lowest BCUT2D eigenvalue weighted by atomic mass is 9.94. The van der Waals surface area contributed by atoms with E-state index in [2.05, 4.69) is 37.8 Å². The van der Waals surface area contributed by atoms with Crippen LogP contribution < -0.4 is 10.6 Å². The molecule has 2 aliphatic carbocycles. The molecule has 128 valence electrons. The summed E-state index contributed by atoms with van der Waals surface area (Å²) < 4.78 is 0. The maximum Gasteiger partial charge on any atom is 0.0454 e. The maximum atomic E-state index is 6.33. The number of benzene rings is 1. The van der Waals surface area contributed by atoms with E-state index in [1.807, 2.05) is 0 Å². The molecule has 0 atom stereocenters. The first-order chi connectivity index (χ1) is 11.1. The Bertz CT molecular complexity index is 507. The van der Waals surface area contributed by atoms with Gasteiger partial charge in [0, 0.05) is 23.5 Å². The van der Waals surface area contributed by atoms with E-state index in [0.29, 0.717) is 5.92 Å². The molecule has 0 aromatic heterocycles. The number of anilines is 2. The van der Waals surface area contributed by atoms with Gasteiger partial charge in [0.15, 0.2) is 0 Å². The molecular formula is C21H34N2. The first kappa shape index (κ1) is 16.7. The van der Waals surface area contributed by atoms with Crippen LogP contribution in [0, 0.1) is 12.8 Å². The van der Waals surface area contributed by atoms with Crippen LogP contribution in [-0.4, -0.2) is 12.1 Å². The minimum atomic E-state index is 0.686. The van der Waals surface area contributed by atoms with Crippen LogP contribution in [-0.2, 0) is 6.42 Å². The fourth-order valence-electron chi connectivity index (χ4n) is 4.76. The van der Waals surface area contributed by atoms with Gasteiger partial charge in [-0.2, -0.15) is 0 Å². The molecule has 1 aromatic rings. The average molecular weight is 315 g/mol. The molecule has 2 fully saturated rings. The third kappa shape index (κ3) is 3.51. The normalized spacial score (nSPS) is 19.8. The van der Waals surface area contributed by atoms with Gasteiger partial charge in [-0.1, -0.05) is 45.6 Å². The van der Waals surface area contributed by atoms with E-state index in [4.69, 9.17) is 5.73 Å². The predicted molar refractivity (Wildman–Crippen MR) is 101 cm³/mol. The van der Waals surface area contributed by atoms with E-state index >= 15 is 0 Å². The van der Waals surface area contributed by atoms with Crippen molar-refractivity contribution in [2.45, 2.75) is 90.6 Å². The topological polar surface area (TPSA) is 29.3 Å². The molecule has 0 bridgehead atoms. The van der Waals surface area contributed by atoms with Gasteiger partial charge in [0.1, 0.15) is 0 Å². The van der Waals surface area contributed by atoms with Gasteiger partial charge in [0.25, 0.3) is 0 Å². The first-order valence-electron chi connectivity index (χ1n) is 9.74. The Morgan fingerprint density at radius 1 is 1.00 bits per heavy atom. The zero-order chi connectivity index (χ0) is 16.4. The fourth-order valence-corrected chi connectivity index (χ4v) is 4.76. The van der Waals surface area contributed by atoms with Gasteiger partial charge in [0.2, 0.25) is 0 Å². The van der Waals surface area contributed by atoms with E-state index in [1.54, 1.807) is 0 Å². The van der Waals surface area contributed by atoms with E-state index < -0.39 is 0 Å². The third-order valence-electron chi connectivity index (χ3n) is 5.88. The lowest BCUT2D eigenvalue weighted by Gasteiger charge is -2.39. The highest BCUT2D eigenvalue weighted by atomic mass is 15.2. The van der Waals surface area contributed by atoms with E-state index in [9.17, 15) is 0 Å². The summed E-state index contributed by atoms with van der Waals surface area (Å²) in [6.45, 7) is 6.89. The quantitative estimate of drug-likeness (QED) is 0.730. The summed E-state index contributed by atoms with van der Waals surface area (Å²) in [6.07, 6.45) is 12.2. The van der Waals surface area contributed by atoms with Crippen LogP contribution in [0.25, 0.3) is 0 Å². The van der Waals surface area contributed by atoms with E-state index in [-0.39, 0.29) is 0 Å². The fraction of sp³-hybridized carbons (Fsp3) is 0.714. The van der Waals surface area contributed by atoms with Crippen LogP contribution in [0.4, 0.5) is 11.4 Å². The highest BCUT2D eigenvalue weighted by Crippen LogP contribution is 2.40. The SMILES string of the molecule is Cc1c(N)ccc(CC(C)C)c1N(C1CCCC1)C1CCCC1. The Morgan fingerprint density at radius 3 is 2.00 bits per heavy atom. The van der Waals surface area contributed by atoms with Crippen molar-refractivity contribution >= 4 is 11.4 Å². The predicted octanol–water partition coefficient (Wildman–Crippen LogP) is 5.47. The van der Waals surface area contributed by atoms with Crippen molar-refractivity contribution in [3.8, 4) is 0 Å². The molecule has 2 heteroatoms. The molecule has 3 rings (SSSR count). The van der Waals surface area contributed by atoms with Gasteiger partial charge < -0.3 is 10.6 Å². The van der Waals surface area contributed by atoms with Crippen LogP contribution in [0.3, 0.4) is 0 Å². The Labute approximate surface area is 142 Å². The second kappa shape index (κ2) is 7.15. The second-order valence-electron chi connectivity index (χ2n) is 8.17. The molecule has 1 aromatic carbocycles. The van der Waals surface area contributed by atoms with Crippen molar-refractivity contribution in [2.75, 3.05) is 10.6 Å². The summed E-state index contributed by atoms with van der Waals surface area (Å²) in [6, 6.07) is 5.90. The van der Waals surface area contributed by atoms with Crippen LogP contribution >= 0.6 is 0 Å². The Morgan fingerprint density at radius 2 is 1.52 bits per heavy atom. The minimum absolute atomic E-state index is 0.686. The number of hydrogen-bond donors (Lipinski definition) is 1. The van der Waals surface area contributed by atoms with E-state index in [1.165, 1.54) is 68.2 Å². The van der Waals surface area contributed by atoms with Gasteiger partial charge in [-0.3, -0.25) is 0 Å². The summed E-state index contributed by atoms with van der Waals surface area (Å²) in [5.74, 6) is 0.686. The van der Waals surface area contributed by atoms with Crippen molar-refractivity contribution in [2.24, 2.45) is 5.92 Å². The lowest BCUT2D eigenvalue weighted by molar-refractivity contribution is 0.509. The van der Waals surface area contributed by atoms with Gasteiger partial charge in [-0.15, -0.1) is 0 Å². The molecule has 0 aliphatic heterocycles. The first-order valence-corrected chi connectivity index (χ1v) is 9.74. The molecule has 0 heterocycles. The lowest BCUT2D eigenvalue weighted by Crippen LogP contribution is -2.42. The highest BCUT2D eigenvalue weighted by Gasteiger charge is 2.33. The molecule has 2 N–H and O–H groups in total. The van der Waals surface area contributed by atoms with Crippen molar-refractivity contribution in [3.05, 3.63) is 23.3 Å². The monoisotopic (exact) mass is 314 g/mol. The Kier molecular flexibility index (Phi) is 5.18. The Balaban J connectivity index is 2.04. The zero-order valence-electron chi connectivity index (χ0n) is 15.3. The van der Waals surface area contributed by atoms with Crippen molar-refractivity contribution < 1.29 is 0 Å². The third-order valence-corrected chi connectivity index (χ3v) is 5.88. The summed E-state index contributed by atoms with van der Waals surface area (Å²) in [7, 11) is 0. The van der Waals surface area contributed by atoms with Gasteiger partial charge in [0.05, 0.1) is 0 Å². The van der Waals surface area contributed by atoms with Gasteiger partial charge in [-0.25, -0.2) is 0 Å². The second-order valence-corrected chi connectivity index (χ2v) is 8.17. The molecular weight excluding hydrogens is 280 g/mol.